The first-order valence-electron chi connectivity index (χ1n) is 10.5. The standard InChI is InChI=1S/C26H30N4/c1-19(25-7-5-6-8-26(25)27-2)30-17-20(18-30)15-23-12-9-22(16-28-23)21-10-13-24(14-11-21)29(3)4/h5-14,16,20,27H,1,15,17-18H2,2-4H3. The summed E-state index contributed by atoms with van der Waals surface area (Å²) in [5.41, 5.74) is 8.14. The molecule has 0 atom stereocenters. The molecule has 4 nitrogen and oxygen atoms in total. The van der Waals surface area contributed by atoms with Crippen LogP contribution in [-0.2, 0) is 6.42 Å². The van der Waals surface area contributed by atoms with Crippen LogP contribution in [0.2, 0.25) is 0 Å². The van der Waals surface area contributed by atoms with Crippen LogP contribution in [0, 0.1) is 5.92 Å². The van der Waals surface area contributed by atoms with Gasteiger partial charge in [-0.2, -0.15) is 0 Å². The van der Waals surface area contributed by atoms with Gasteiger partial charge in [-0.1, -0.05) is 43.0 Å². The Morgan fingerprint density at radius 2 is 1.73 bits per heavy atom. The van der Waals surface area contributed by atoms with Gasteiger partial charge < -0.3 is 15.1 Å². The van der Waals surface area contributed by atoms with Gasteiger partial charge in [-0.15, -0.1) is 0 Å². The lowest BCUT2D eigenvalue weighted by molar-refractivity contribution is 0.173. The number of nitrogens with one attached hydrogen (secondary N) is 1. The number of pyridine rings is 1. The fourth-order valence-corrected chi connectivity index (χ4v) is 4.01. The summed E-state index contributed by atoms with van der Waals surface area (Å²) in [7, 11) is 6.07. The van der Waals surface area contributed by atoms with Crippen molar-refractivity contribution < 1.29 is 0 Å². The number of rotatable bonds is 7. The van der Waals surface area contributed by atoms with E-state index >= 15 is 0 Å². The van der Waals surface area contributed by atoms with Gasteiger partial charge >= 0.3 is 0 Å². The number of likely N-dealkylation sites (tertiary alicyclic amines) is 1. The number of nitrogens with zero attached hydrogens (tertiary/aromatic N) is 3. The van der Waals surface area contributed by atoms with Crippen molar-refractivity contribution in [3.05, 3.63) is 84.7 Å². The van der Waals surface area contributed by atoms with Crippen LogP contribution in [-0.4, -0.2) is 44.1 Å². The average Bonchev–Trinajstić information content (AvgIpc) is 2.76. The molecule has 0 aliphatic carbocycles. The highest BCUT2D eigenvalue weighted by atomic mass is 15.2. The van der Waals surface area contributed by atoms with Crippen LogP contribution in [0.1, 0.15) is 11.3 Å². The van der Waals surface area contributed by atoms with E-state index in [9.17, 15) is 0 Å². The summed E-state index contributed by atoms with van der Waals surface area (Å²) in [5, 5.41) is 3.26. The Morgan fingerprint density at radius 3 is 2.37 bits per heavy atom. The molecule has 0 saturated carbocycles. The molecule has 1 aliphatic heterocycles. The lowest BCUT2D eigenvalue weighted by atomic mass is 9.92. The van der Waals surface area contributed by atoms with Gasteiger partial charge in [-0.3, -0.25) is 4.98 Å². The van der Waals surface area contributed by atoms with Crippen LogP contribution in [0.5, 0.6) is 0 Å². The molecule has 3 aromatic rings. The van der Waals surface area contributed by atoms with Crippen molar-refractivity contribution >= 4 is 17.1 Å². The summed E-state index contributed by atoms with van der Waals surface area (Å²) in [6, 6.07) is 21.3. The molecule has 0 radical (unpaired) electrons. The lowest BCUT2D eigenvalue weighted by Gasteiger charge is -2.42. The topological polar surface area (TPSA) is 31.4 Å². The van der Waals surface area contributed by atoms with Crippen LogP contribution in [0.15, 0.2) is 73.4 Å². The summed E-state index contributed by atoms with van der Waals surface area (Å²) < 4.78 is 0. The van der Waals surface area contributed by atoms with Gasteiger partial charge in [0.2, 0.25) is 0 Å². The van der Waals surface area contributed by atoms with Crippen molar-refractivity contribution in [1.82, 2.24) is 9.88 Å². The zero-order chi connectivity index (χ0) is 21.1. The summed E-state index contributed by atoms with van der Waals surface area (Å²) >= 11 is 0. The number of aromatic nitrogens is 1. The zero-order valence-electron chi connectivity index (χ0n) is 18.1. The fourth-order valence-electron chi connectivity index (χ4n) is 4.01. The first-order valence-corrected chi connectivity index (χ1v) is 10.5. The summed E-state index contributed by atoms with van der Waals surface area (Å²) in [5.74, 6) is 0.626. The Morgan fingerprint density at radius 1 is 1.03 bits per heavy atom. The molecular weight excluding hydrogens is 368 g/mol. The summed E-state index contributed by atoms with van der Waals surface area (Å²) in [6.45, 7) is 6.39. The number of benzene rings is 2. The lowest BCUT2D eigenvalue weighted by Crippen LogP contribution is -2.46. The minimum Gasteiger partial charge on any atom is -0.388 e. The van der Waals surface area contributed by atoms with E-state index in [1.807, 2.05) is 19.3 Å². The molecule has 4 rings (SSSR count). The van der Waals surface area contributed by atoms with Crippen LogP contribution in [0.3, 0.4) is 0 Å². The van der Waals surface area contributed by atoms with Gasteiger partial charge in [-0.25, -0.2) is 0 Å². The van der Waals surface area contributed by atoms with Crippen LogP contribution in [0.25, 0.3) is 16.8 Å². The predicted molar refractivity (Wildman–Crippen MR) is 128 cm³/mol. The fraction of sp³-hybridized carbons (Fsp3) is 0.269. The van der Waals surface area contributed by atoms with E-state index in [-0.39, 0.29) is 0 Å². The monoisotopic (exact) mass is 398 g/mol. The van der Waals surface area contributed by atoms with Crippen molar-refractivity contribution in [1.29, 1.82) is 0 Å². The minimum atomic E-state index is 0.626. The smallest absolute Gasteiger partial charge is 0.0431 e. The molecule has 1 aliphatic rings. The average molecular weight is 399 g/mol. The second-order valence-electron chi connectivity index (χ2n) is 8.20. The first-order chi connectivity index (χ1) is 14.5. The summed E-state index contributed by atoms with van der Waals surface area (Å²) in [4.78, 5) is 9.20. The van der Waals surface area contributed by atoms with Gasteiger partial charge in [0.25, 0.3) is 0 Å². The molecule has 1 aromatic heterocycles. The van der Waals surface area contributed by atoms with Crippen molar-refractivity contribution in [3.8, 4) is 11.1 Å². The molecular formula is C26H30N4. The van der Waals surface area contributed by atoms with E-state index in [0.717, 1.165) is 42.2 Å². The Balaban J connectivity index is 1.33. The quantitative estimate of drug-likeness (QED) is 0.607. The first kappa shape index (κ1) is 20.0. The minimum absolute atomic E-state index is 0.626. The third kappa shape index (κ3) is 4.18. The van der Waals surface area contributed by atoms with Crippen LogP contribution in [0.4, 0.5) is 11.4 Å². The zero-order valence-corrected chi connectivity index (χ0v) is 18.1. The Labute approximate surface area is 179 Å². The van der Waals surface area contributed by atoms with E-state index < -0.39 is 0 Å². The molecule has 1 N–H and O–H groups in total. The summed E-state index contributed by atoms with van der Waals surface area (Å²) in [6.07, 6.45) is 3.01. The molecule has 30 heavy (non-hydrogen) atoms. The molecule has 2 aromatic carbocycles. The third-order valence-corrected chi connectivity index (χ3v) is 5.89. The van der Waals surface area contributed by atoms with Gasteiger partial charge in [0.15, 0.2) is 0 Å². The molecule has 0 bridgehead atoms. The number of hydrogen-bond donors (Lipinski definition) is 1. The van der Waals surface area contributed by atoms with Crippen molar-refractivity contribution in [2.24, 2.45) is 5.92 Å². The highest BCUT2D eigenvalue weighted by Crippen LogP contribution is 2.32. The molecule has 1 saturated heterocycles. The molecule has 154 valence electrons. The van der Waals surface area contributed by atoms with Crippen LogP contribution >= 0.6 is 0 Å². The highest BCUT2D eigenvalue weighted by Gasteiger charge is 2.29. The second kappa shape index (κ2) is 8.62. The maximum atomic E-state index is 4.73. The Bertz CT molecular complexity index is 1000. The van der Waals surface area contributed by atoms with E-state index in [1.165, 1.54) is 16.8 Å². The Hall–Kier alpha value is -3.27. The maximum Gasteiger partial charge on any atom is 0.0431 e. The predicted octanol–water partition coefficient (Wildman–Crippen LogP) is 5.00. The van der Waals surface area contributed by atoms with Crippen molar-refractivity contribution in [3.63, 3.8) is 0 Å². The number of para-hydroxylation sites is 1. The molecule has 0 unspecified atom stereocenters. The molecule has 2 heterocycles. The van der Waals surface area contributed by atoms with Crippen molar-refractivity contribution in [2.75, 3.05) is 44.4 Å². The van der Waals surface area contributed by atoms with Gasteiger partial charge in [0, 0.05) is 74.3 Å². The van der Waals surface area contributed by atoms with E-state index in [4.69, 9.17) is 4.98 Å². The van der Waals surface area contributed by atoms with Gasteiger partial charge in [-0.05, 0) is 42.2 Å². The van der Waals surface area contributed by atoms with E-state index in [2.05, 4.69) is 90.4 Å². The third-order valence-electron chi connectivity index (χ3n) is 5.89. The highest BCUT2D eigenvalue weighted by molar-refractivity contribution is 5.74. The van der Waals surface area contributed by atoms with E-state index in [1.54, 1.807) is 0 Å². The Kier molecular flexibility index (Phi) is 5.75. The molecule has 0 spiro atoms. The normalized spacial score (nSPS) is 13.6. The van der Waals surface area contributed by atoms with E-state index in [0.29, 0.717) is 5.92 Å². The second-order valence-corrected chi connectivity index (χ2v) is 8.20. The largest absolute Gasteiger partial charge is 0.388 e. The van der Waals surface area contributed by atoms with Gasteiger partial charge in [0.1, 0.15) is 0 Å². The maximum absolute atomic E-state index is 4.73. The van der Waals surface area contributed by atoms with Crippen LogP contribution < -0.4 is 10.2 Å². The molecule has 0 amide bonds. The van der Waals surface area contributed by atoms with Gasteiger partial charge in [0.05, 0.1) is 0 Å². The number of anilines is 2. The molecule has 4 heteroatoms. The van der Waals surface area contributed by atoms with Crippen molar-refractivity contribution in [2.45, 2.75) is 6.42 Å². The number of hydrogen-bond acceptors (Lipinski definition) is 4. The molecule has 1 fully saturated rings. The SMILES string of the molecule is C=C(c1ccccc1NC)N1CC(Cc2ccc(-c3ccc(N(C)C)cc3)cn2)C1.